The maximum atomic E-state index is 10.9. The van der Waals surface area contributed by atoms with Crippen molar-refractivity contribution in [3.05, 3.63) is 28.3 Å². The second kappa shape index (κ2) is 5.23. The molecule has 0 aromatic heterocycles. The second-order valence-electron chi connectivity index (χ2n) is 6.75. The van der Waals surface area contributed by atoms with Crippen LogP contribution in [0.5, 0.6) is 5.75 Å². The van der Waals surface area contributed by atoms with Gasteiger partial charge in [0.1, 0.15) is 5.75 Å². The second-order valence-corrected chi connectivity index (χ2v) is 7.19. The van der Waals surface area contributed by atoms with Crippen molar-refractivity contribution in [2.24, 2.45) is 11.8 Å². The lowest BCUT2D eigenvalue weighted by Crippen LogP contribution is -2.39. The van der Waals surface area contributed by atoms with Crippen molar-refractivity contribution < 1.29 is 9.84 Å². The van der Waals surface area contributed by atoms with Gasteiger partial charge in [-0.25, -0.2) is 0 Å². The molecule has 0 radical (unpaired) electrons. The van der Waals surface area contributed by atoms with E-state index < -0.39 is 5.60 Å². The third-order valence-electron chi connectivity index (χ3n) is 5.08. The van der Waals surface area contributed by atoms with Crippen LogP contribution in [0.25, 0.3) is 0 Å². The Hall–Kier alpha value is -0.730. The first-order chi connectivity index (χ1) is 9.47. The normalized spacial score (nSPS) is 32.8. The van der Waals surface area contributed by atoms with Crippen LogP contribution in [0.1, 0.15) is 44.2 Å². The number of rotatable bonds is 2. The maximum Gasteiger partial charge on any atom is 0.126 e. The van der Waals surface area contributed by atoms with E-state index in [0.717, 1.165) is 48.6 Å². The van der Waals surface area contributed by atoms with Gasteiger partial charge in [-0.15, -0.1) is 0 Å². The molecule has 3 unspecified atom stereocenters. The minimum absolute atomic E-state index is 0.571. The molecule has 0 amide bonds. The summed E-state index contributed by atoms with van der Waals surface area (Å²) in [6, 6.07) is 3.95. The van der Waals surface area contributed by atoms with Crippen molar-refractivity contribution in [2.75, 3.05) is 6.61 Å². The first-order valence-electron chi connectivity index (χ1n) is 7.63. The van der Waals surface area contributed by atoms with Crippen molar-refractivity contribution in [3.8, 4) is 5.75 Å². The van der Waals surface area contributed by atoms with E-state index in [9.17, 15) is 5.11 Å². The SMILES string of the molecule is CC1CCC(O)(Cc2cc(Cl)cc3c2OCC3)CC1C. The van der Waals surface area contributed by atoms with Crippen LogP contribution >= 0.6 is 11.6 Å². The molecule has 1 aromatic rings. The fraction of sp³-hybridized carbons (Fsp3) is 0.647. The van der Waals surface area contributed by atoms with Crippen LogP contribution in [-0.2, 0) is 12.8 Å². The van der Waals surface area contributed by atoms with Gasteiger partial charge in [0.05, 0.1) is 12.2 Å². The number of hydrogen-bond donors (Lipinski definition) is 1. The molecule has 3 rings (SSSR count). The van der Waals surface area contributed by atoms with Gasteiger partial charge in [-0.05, 0) is 54.4 Å². The minimum atomic E-state index is -0.601. The lowest BCUT2D eigenvalue weighted by molar-refractivity contribution is -0.0283. The van der Waals surface area contributed by atoms with Gasteiger partial charge in [-0.3, -0.25) is 0 Å². The highest BCUT2D eigenvalue weighted by molar-refractivity contribution is 6.30. The van der Waals surface area contributed by atoms with Crippen LogP contribution in [0.4, 0.5) is 0 Å². The molecule has 1 heterocycles. The number of benzene rings is 1. The Labute approximate surface area is 126 Å². The van der Waals surface area contributed by atoms with Gasteiger partial charge in [-0.2, -0.15) is 0 Å². The average molecular weight is 295 g/mol. The Kier molecular flexibility index (Phi) is 3.72. The van der Waals surface area contributed by atoms with E-state index in [0.29, 0.717) is 18.3 Å². The topological polar surface area (TPSA) is 29.5 Å². The molecule has 3 atom stereocenters. The first-order valence-corrected chi connectivity index (χ1v) is 8.01. The summed E-state index contributed by atoms with van der Waals surface area (Å²) in [4.78, 5) is 0. The zero-order valence-corrected chi connectivity index (χ0v) is 13.0. The smallest absolute Gasteiger partial charge is 0.126 e. The Bertz CT molecular complexity index is 514. The lowest BCUT2D eigenvalue weighted by Gasteiger charge is -2.39. The molecule has 1 fully saturated rings. The average Bonchev–Trinajstić information content (AvgIpc) is 2.82. The van der Waals surface area contributed by atoms with Crippen molar-refractivity contribution in [2.45, 2.75) is 51.6 Å². The summed E-state index contributed by atoms with van der Waals surface area (Å²) in [6.45, 7) is 5.26. The monoisotopic (exact) mass is 294 g/mol. The van der Waals surface area contributed by atoms with Crippen LogP contribution in [0.3, 0.4) is 0 Å². The van der Waals surface area contributed by atoms with Crippen LogP contribution in [0.2, 0.25) is 5.02 Å². The van der Waals surface area contributed by atoms with E-state index >= 15 is 0 Å². The van der Waals surface area contributed by atoms with Crippen LogP contribution in [0, 0.1) is 11.8 Å². The van der Waals surface area contributed by atoms with Crippen LogP contribution in [0.15, 0.2) is 12.1 Å². The molecule has 1 saturated carbocycles. The molecule has 1 aromatic carbocycles. The molecule has 110 valence electrons. The molecular weight excluding hydrogens is 272 g/mol. The maximum absolute atomic E-state index is 10.9. The predicted octanol–water partition coefficient (Wildman–Crippen LogP) is 4.00. The lowest BCUT2D eigenvalue weighted by atomic mass is 9.71. The third-order valence-corrected chi connectivity index (χ3v) is 5.30. The molecule has 1 aliphatic carbocycles. The summed E-state index contributed by atoms with van der Waals surface area (Å²) < 4.78 is 5.75. The Morgan fingerprint density at radius 3 is 2.90 bits per heavy atom. The van der Waals surface area contributed by atoms with E-state index in [-0.39, 0.29) is 0 Å². The van der Waals surface area contributed by atoms with Crippen molar-refractivity contribution in [3.63, 3.8) is 0 Å². The Morgan fingerprint density at radius 1 is 1.35 bits per heavy atom. The standard InChI is InChI=1S/C17H23ClO2/c1-11-3-5-17(19,9-12(11)2)10-14-8-15(18)7-13-4-6-20-16(13)14/h7-8,11-12,19H,3-6,9-10H2,1-2H3. The summed E-state index contributed by atoms with van der Waals surface area (Å²) in [5, 5.41) is 11.7. The number of ether oxygens (including phenoxy) is 1. The van der Waals surface area contributed by atoms with Crippen LogP contribution in [-0.4, -0.2) is 17.3 Å². The number of aliphatic hydroxyl groups is 1. The fourth-order valence-corrected chi connectivity index (χ4v) is 3.94. The molecule has 2 aliphatic rings. The highest BCUT2D eigenvalue weighted by atomic mass is 35.5. The number of halogens is 1. The molecule has 0 spiro atoms. The number of fused-ring (bicyclic) bond motifs is 1. The molecule has 1 aliphatic heterocycles. The van der Waals surface area contributed by atoms with Gasteiger partial charge in [0.15, 0.2) is 0 Å². The van der Waals surface area contributed by atoms with Gasteiger partial charge in [0.25, 0.3) is 0 Å². The molecule has 1 N–H and O–H groups in total. The van der Waals surface area contributed by atoms with E-state index in [1.165, 1.54) is 5.56 Å². The highest BCUT2D eigenvalue weighted by Gasteiger charge is 2.37. The highest BCUT2D eigenvalue weighted by Crippen LogP contribution is 2.41. The van der Waals surface area contributed by atoms with E-state index in [1.54, 1.807) is 0 Å². The molecule has 0 saturated heterocycles. The van der Waals surface area contributed by atoms with E-state index in [2.05, 4.69) is 13.8 Å². The van der Waals surface area contributed by atoms with Gasteiger partial charge >= 0.3 is 0 Å². The summed E-state index contributed by atoms with van der Waals surface area (Å²) in [6.07, 6.45) is 4.43. The van der Waals surface area contributed by atoms with Crippen LogP contribution < -0.4 is 4.74 Å². The van der Waals surface area contributed by atoms with E-state index in [4.69, 9.17) is 16.3 Å². The van der Waals surface area contributed by atoms with Crippen molar-refractivity contribution in [1.82, 2.24) is 0 Å². The van der Waals surface area contributed by atoms with Gasteiger partial charge in [-0.1, -0.05) is 25.4 Å². The minimum Gasteiger partial charge on any atom is -0.493 e. The largest absolute Gasteiger partial charge is 0.493 e. The zero-order valence-electron chi connectivity index (χ0n) is 12.3. The zero-order chi connectivity index (χ0) is 14.3. The fourth-order valence-electron chi connectivity index (χ4n) is 3.68. The molecule has 3 heteroatoms. The molecular formula is C17H23ClO2. The van der Waals surface area contributed by atoms with Gasteiger partial charge < -0.3 is 9.84 Å². The summed E-state index contributed by atoms with van der Waals surface area (Å²) in [5.74, 6) is 2.24. The summed E-state index contributed by atoms with van der Waals surface area (Å²) in [5.41, 5.74) is 1.67. The van der Waals surface area contributed by atoms with Gasteiger partial charge in [0.2, 0.25) is 0 Å². The van der Waals surface area contributed by atoms with E-state index in [1.807, 2.05) is 12.1 Å². The Balaban J connectivity index is 1.84. The third kappa shape index (κ3) is 2.68. The molecule has 0 bridgehead atoms. The van der Waals surface area contributed by atoms with Crippen molar-refractivity contribution >= 4 is 11.6 Å². The van der Waals surface area contributed by atoms with Gasteiger partial charge in [0, 0.05) is 17.9 Å². The molecule has 20 heavy (non-hydrogen) atoms. The molecule has 2 nitrogen and oxygen atoms in total. The Morgan fingerprint density at radius 2 is 2.15 bits per heavy atom. The summed E-state index contributed by atoms with van der Waals surface area (Å²) in [7, 11) is 0. The summed E-state index contributed by atoms with van der Waals surface area (Å²) >= 11 is 6.21. The quantitative estimate of drug-likeness (QED) is 0.893. The predicted molar refractivity (Wildman–Crippen MR) is 81.5 cm³/mol. The number of hydrogen-bond acceptors (Lipinski definition) is 2. The van der Waals surface area contributed by atoms with Crippen molar-refractivity contribution in [1.29, 1.82) is 0 Å². The first kappa shape index (κ1) is 14.2.